The van der Waals surface area contributed by atoms with Crippen molar-refractivity contribution in [3.05, 3.63) is 57.2 Å². The molecular formula is C20H26ClFN4O. The smallest absolute Gasteiger partial charge is 0.288 e. The van der Waals surface area contributed by atoms with Crippen LogP contribution < -0.4 is 10.5 Å². The summed E-state index contributed by atoms with van der Waals surface area (Å²) in [5.41, 5.74) is 0.691. The van der Waals surface area contributed by atoms with Crippen LogP contribution in [0.3, 0.4) is 0 Å². The van der Waals surface area contributed by atoms with Crippen LogP contribution in [0.15, 0.2) is 35.3 Å². The van der Waals surface area contributed by atoms with E-state index in [1.54, 1.807) is 12.3 Å². The minimum absolute atomic E-state index is 0.170. The maximum atomic E-state index is 13.9. The molecule has 0 N–H and O–H groups in total. The van der Waals surface area contributed by atoms with Crippen LogP contribution in [0.5, 0.6) is 0 Å². The molecule has 1 fully saturated rings. The average molecular weight is 393 g/mol. The molecule has 1 aliphatic rings. The molecule has 1 saturated heterocycles. The number of nitrogens with zero attached hydrogens (tertiary/aromatic N) is 4. The molecule has 7 heteroatoms. The number of hydrogen-bond donors (Lipinski definition) is 0. The Kier molecular flexibility index (Phi) is 5.86. The van der Waals surface area contributed by atoms with Gasteiger partial charge in [0.2, 0.25) is 0 Å². The molecule has 0 radical (unpaired) electrons. The van der Waals surface area contributed by atoms with Crippen molar-refractivity contribution in [2.24, 2.45) is 0 Å². The van der Waals surface area contributed by atoms with E-state index in [1.165, 1.54) is 10.7 Å². The summed E-state index contributed by atoms with van der Waals surface area (Å²) in [6, 6.07) is 6.88. The van der Waals surface area contributed by atoms with Crippen LogP contribution in [0.2, 0.25) is 5.02 Å². The van der Waals surface area contributed by atoms with Gasteiger partial charge in [-0.25, -0.2) is 9.07 Å². The van der Waals surface area contributed by atoms with E-state index >= 15 is 0 Å². The predicted molar refractivity (Wildman–Crippen MR) is 107 cm³/mol. The van der Waals surface area contributed by atoms with Crippen LogP contribution >= 0.6 is 11.6 Å². The van der Waals surface area contributed by atoms with Crippen molar-refractivity contribution in [3.8, 4) is 0 Å². The van der Waals surface area contributed by atoms with E-state index in [0.29, 0.717) is 17.8 Å². The zero-order chi connectivity index (χ0) is 19.6. The molecule has 0 atom stereocenters. The van der Waals surface area contributed by atoms with Gasteiger partial charge in [-0.15, -0.1) is 0 Å². The molecule has 5 nitrogen and oxygen atoms in total. The van der Waals surface area contributed by atoms with Gasteiger partial charge in [-0.05, 0) is 33.3 Å². The van der Waals surface area contributed by atoms with Gasteiger partial charge >= 0.3 is 0 Å². The lowest BCUT2D eigenvalue weighted by atomic mass is 10.1. The normalized spacial score (nSPS) is 16.4. The van der Waals surface area contributed by atoms with Crippen molar-refractivity contribution in [2.45, 2.75) is 39.3 Å². The Hall–Kier alpha value is -1.92. The molecule has 146 valence electrons. The molecule has 0 saturated carbocycles. The average Bonchev–Trinajstić information content (AvgIpc) is 2.84. The molecule has 1 aromatic heterocycles. The van der Waals surface area contributed by atoms with Gasteiger partial charge in [-0.1, -0.05) is 29.8 Å². The number of aromatic nitrogens is 2. The topological polar surface area (TPSA) is 41.4 Å². The summed E-state index contributed by atoms with van der Waals surface area (Å²) in [5.74, 6) is -0.170. The molecule has 3 rings (SSSR count). The highest BCUT2D eigenvalue weighted by Gasteiger charge is 2.23. The Bertz CT molecular complexity index is 862. The Labute approximate surface area is 164 Å². The summed E-state index contributed by atoms with van der Waals surface area (Å²) in [4.78, 5) is 16.9. The second kappa shape index (κ2) is 7.98. The molecule has 0 aliphatic carbocycles. The van der Waals surface area contributed by atoms with Crippen LogP contribution in [-0.2, 0) is 12.1 Å². The zero-order valence-electron chi connectivity index (χ0n) is 16.1. The number of hydrogen-bond acceptors (Lipinski definition) is 4. The Morgan fingerprint density at radius 1 is 1.15 bits per heavy atom. The highest BCUT2D eigenvalue weighted by molar-refractivity contribution is 6.33. The zero-order valence-corrected chi connectivity index (χ0v) is 16.8. The van der Waals surface area contributed by atoms with Gasteiger partial charge in [-0.3, -0.25) is 9.69 Å². The van der Waals surface area contributed by atoms with Gasteiger partial charge in [-0.2, -0.15) is 5.10 Å². The lowest BCUT2D eigenvalue weighted by molar-refractivity contribution is 0.281. The van der Waals surface area contributed by atoms with Gasteiger partial charge in [0.25, 0.3) is 5.56 Å². The van der Waals surface area contributed by atoms with Gasteiger partial charge in [0.1, 0.15) is 10.8 Å². The van der Waals surface area contributed by atoms with Crippen LogP contribution in [0.1, 0.15) is 32.8 Å². The van der Waals surface area contributed by atoms with Gasteiger partial charge < -0.3 is 4.90 Å². The molecule has 0 unspecified atom stereocenters. The summed E-state index contributed by atoms with van der Waals surface area (Å²) in [7, 11) is 0. The number of halogens is 2. The third kappa shape index (κ3) is 4.50. The van der Waals surface area contributed by atoms with E-state index < -0.39 is 5.54 Å². The van der Waals surface area contributed by atoms with Crippen molar-refractivity contribution >= 4 is 17.3 Å². The van der Waals surface area contributed by atoms with Crippen LogP contribution in [0.25, 0.3) is 0 Å². The van der Waals surface area contributed by atoms with Gasteiger partial charge in [0.05, 0.1) is 17.4 Å². The van der Waals surface area contributed by atoms with Crippen molar-refractivity contribution in [1.82, 2.24) is 14.7 Å². The Morgan fingerprint density at radius 2 is 1.89 bits per heavy atom. The van der Waals surface area contributed by atoms with E-state index in [9.17, 15) is 9.18 Å². The third-order valence-corrected chi connectivity index (χ3v) is 5.17. The summed E-state index contributed by atoms with van der Waals surface area (Å²) < 4.78 is 15.3. The standard InChI is InChI=1S/C20H26ClFN4O/c1-20(2,3)26-19(27)18(21)17(13-23-26)25-10-6-9-24(11-12-25)14-15-7-4-5-8-16(15)22/h4-5,7-8,13H,6,9-12,14H2,1-3H3. The monoisotopic (exact) mass is 392 g/mol. The van der Waals surface area contributed by atoms with Gasteiger partial charge in [0, 0.05) is 38.3 Å². The quantitative estimate of drug-likeness (QED) is 0.801. The first-order valence-electron chi connectivity index (χ1n) is 9.26. The maximum Gasteiger partial charge on any atom is 0.288 e. The van der Waals surface area contributed by atoms with Crippen LogP contribution in [-0.4, -0.2) is 40.9 Å². The molecule has 0 amide bonds. The number of anilines is 1. The van der Waals surface area contributed by atoms with E-state index in [0.717, 1.165) is 32.6 Å². The number of benzene rings is 1. The fourth-order valence-corrected chi connectivity index (χ4v) is 3.61. The van der Waals surface area contributed by atoms with Crippen molar-refractivity contribution in [2.75, 3.05) is 31.1 Å². The maximum absolute atomic E-state index is 13.9. The van der Waals surface area contributed by atoms with Crippen molar-refractivity contribution < 1.29 is 4.39 Å². The molecule has 0 bridgehead atoms. The summed E-state index contributed by atoms with van der Waals surface area (Å²) in [6.45, 7) is 9.49. The van der Waals surface area contributed by atoms with Crippen LogP contribution in [0.4, 0.5) is 10.1 Å². The first kappa shape index (κ1) is 19.8. The van der Waals surface area contributed by atoms with Crippen molar-refractivity contribution in [1.29, 1.82) is 0 Å². The largest absolute Gasteiger partial charge is 0.368 e. The minimum Gasteiger partial charge on any atom is -0.368 e. The highest BCUT2D eigenvalue weighted by atomic mass is 35.5. The minimum atomic E-state index is -0.422. The first-order chi connectivity index (χ1) is 12.8. The van der Waals surface area contributed by atoms with E-state index in [4.69, 9.17) is 11.6 Å². The number of rotatable bonds is 3. The van der Waals surface area contributed by atoms with Gasteiger partial charge in [0.15, 0.2) is 0 Å². The van der Waals surface area contributed by atoms with Crippen LogP contribution in [0, 0.1) is 5.82 Å². The molecule has 1 aromatic carbocycles. The van der Waals surface area contributed by atoms with E-state index in [2.05, 4.69) is 14.9 Å². The molecule has 2 aromatic rings. The second-order valence-corrected chi connectivity index (χ2v) is 8.32. The third-order valence-electron chi connectivity index (χ3n) is 4.82. The van der Waals surface area contributed by atoms with E-state index in [1.807, 2.05) is 32.9 Å². The first-order valence-corrected chi connectivity index (χ1v) is 9.64. The molecule has 1 aliphatic heterocycles. The fourth-order valence-electron chi connectivity index (χ4n) is 3.36. The molecule has 2 heterocycles. The fraction of sp³-hybridized carbons (Fsp3) is 0.500. The Balaban J connectivity index is 1.74. The molecular weight excluding hydrogens is 367 g/mol. The second-order valence-electron chi connectivity index (χ2n) is 7.94. The lowest BCUT2D eigenvalue weighted by Gasteiger charge is -2.26. The summed E-state index contributed by atoms with van der Waals surface area (Å²) in [5, 5.41) is 4.54. The summed E-state index contributed by atoms with van der Waals surface area (Å²) in [6.07, 6.45) is 2.59. The summed E-state index contributed by atoms with van der Waals surface area (Å²) >= 11 is 6.40. The molecule has 0 spiro atoms. The SMILES string of the molecule is CC(C)(C)n1ncc(N2CCCN(Cc3ccccc3F)CC2)c(Cl)c1=O. The Morgan fingerprint density at radius 3 is 2.59 bits per heavy atom. The lowest BCUT2D eigenvalue weighted by Crippen LogP contribution is -2.38. The van der Waals surface area contributed by atoms with E-state index in [-0.39, 0.29) is 16.4 Å². The highest BCUT2D eigenvalue weighted by Crippen LogP contribution is 2.24. The van der Waals surface area contributed by atoms with Crippen molar-refractivity contribution in [3.63, 3.8) is 0 Å². The predicted octanol–water partition coefficient (Wildman–Crippen LogP) is 3.50. The molecule has 27 heavy (non-hydrogen) atoms.